The molecule has 0 aromatic rings. The van der Waals surface area contributed by atoms with Crippen LogP contribution in [0.2, 0.25) is 0 Å². The lowest BCUT2D eigenvalue weighted by Gasteiger charge is -2.14. The molecular weight excluding hydrogens is 112 g/mol. The number of aliphatic hydroxyl groups is 1. The molecule has 1 heterocycles. The third kappa shape index (κ3) is 1.67. The van der Waals surface area contributed by atoms with Crippen molar-refractivity contribution in [3.05, 3.63) is 0 Å². The van der Waals surface area contributed by atoms with Crippen molar-refractivity contribution in [1.82, 2.24) is 0 Å². The van der Waals surface area contributed by atoms with E-state index in [1.807, 2.05) is 0 Å². The zero-order valence-electron chi connectivity index (χ0n) is 3.96. The summed E-state index contributed by atoms with van der Waals surface area (Å²) in [6.07, 6.45) is 0.672. The molecule has 1 aliphatic heterocycles. The molecule has 2 nitrogen and oxygen atoms in total. The van der Waals surface area contributed by atoms with Crippen molar-refractivity contribution in [1.29, 1.82) is 0 Å². The first-order chi connectivity index (χ1) is 3.39. The molecule has 1 N–H and O–H groups in total. The van der Waals surface area contributed by atoms with Crippen LogP contribution in [0.1, 0.15) is 6.42 Å². The van der Waals surface area contributed by atoms with Gasteiger partial charge in [0.25, 0.3) is 0 Å². The van der Waals surface area contributed by atoms with Crippen LogP contribution in [-0.2, 0) is 4.18 Å². The maximum Gasteiger partial charge on any atom is 0.0873 e. The Morgan fingerprint density at radius 1 is 1.71 bits per heavy atom. The van der Waals surface area contributed by atoms with Gasteiger partial charge in [0.2, 0.25) is 0 Å². The maximum atomic E-state index is 8.77. The summed E-state index contributed by atoms with van der Waals surface area (Å²) in [6.45, 7) is 0.505. The van der Waals surface area contributed by atoms with Crippen molar-refractivity contribution >= 4 is 12.0 Å². The molecule has 1 fully saturated rings. The van der Waals surface area contributed by atoms with Crippen molar-refractivity contribution in [2.24, 2.45) is 0 Å². The fourth-order valence-electron chi connectivity index (χ4n) is 0.453. The van der Waals surface area contributed by atoms with E-state index in [2.05, 4.69) is 0 Å². The SMILES string of the molecule is OC1CCSOC1. The van der Waals surface area contributed by atoms with Crippen LogP contribution in [0, 0.1) is 0 Å². The zero-order chi connectivity index (χ0) is 5.11. The predicted molar refractivity (Wildman–Crippen MR) is 29.0 cm³/mol. The second-order valence-electron chi connectivity index (χ2n) is 1.55. The van der Waals surface area contributed by atoms with Gasteiger partial charge in [0.05, 0.1) is 12.7 Å². The minimum atomic E-state index is -0.207. The third-order valence-corrected chi connectivity index (χ3v) is 1.58. The Morgan fingerprint density at radius 3 is 2.86 bits per heavy atom. The van der Waals surface area contributed by atoms with E-state index >= 15 is 0 Å². The fraction of sp³-hybridized carbons (Fsp3) is 1.00. The zero-order valence-corrected chi connectivity index (χ0v) is 4.78. The van der Waals surface area contributed by atoms with Crippen LogP contribution in [0.5, 0.6) is 0 Å². The Balaban J connectivity index is 2.12. The minimum Gasteiger partial charge on any atom is -0.391 e. The van der Waals surface area contributed by atoms with Gasteiger partial charge >= 0.3 is 0 Å². The topological polar surface area (TPSA) is 29.5 Å². The van der Waals surface area contributed by atoms with Crippen LogP contribution in [0.4, 0.5) is 0 Å². The Morgan fingerprint density at radius 2 is 2.57 bits per heavy atom. The van der Waals surface area contributed by atoms with Gasteiger partial charge in [-0.2, -0.15) is 0 Å². The van der Waals surface area contributed by atoms with E-state index < -0.39 is 0 Å². The van der Waals surface area contributed by atoms with Crippen LogP contribution >= 0.6 is 12.0 Å². The first-order valence-electron chi connectivity index (χ1n) is 2.32. The highest BCUT2D eigenvalue weighted by molar-refractivity contribution is 7.94. The molecule has 0 saturated carbocycles. The first kappa shape index (κ1) is 5.41. The molecule has 3 heteroatoms. The van der Waals surface area contributed by atoms with Crippen LogP contribution in [0.15, 0.2) is 0 Å². The highest BCUT2D eigenvalue weighted by Crippen LogP contribution is 2.13. The summed E-state index contributed by atoms with van der Waals surface area (Å²) in [5.74, 6) is 0.932. The van der Waals surface area contributed by atoms with Crippen molar-refractivity contribution < 1.29 is 9.29 Å². The van der Waals surface area contributed by atoms with Crippen LogP contribution in [-0.4, -0.2) is 23.6 Å². The smallest absolute Gasteiger partial charge is 0.0873 e. The van der Waals surface area contributed by atoms with E-state index in [9.17, 15) is 0 Å². The van der Waals surface area contributed by atoms with Crippen molar-refractivity contribution in [3.8, 4) is 0 Å². The number of aliphatic hydroxyl groups excluding tert-OH is 1. The van der Waals surface area contributed by atoms with Gasteiger partial charge in [-0.1, -0.05) is 0 Å². The van der Waals surface area contributed by atoms with E-state index in [-0.39, 0.29) is 6.10 Å². The Labute approximate surface area is 47.1 Å². The van der Waals surface area contributed by atoms with Crippen LogP contribution in [0.25, 0.3) is 0 Å². The number of rotatable bonds is 0. The summed E-state index contributed by atoms with van der Waals surface area (Å²) in [5.41, 5.74) is 0. The number of hydrogen-bond acceptors (Lipinski definition) is 3. The van der Waals surface area contributed by atoms with Gasteiger partial charge in [-0.25, -0.2) is 0 Å². The maximum absolute atomic E-state index is 8.77. The van der Waals surface area contributed by atoms with Crippen molar-refractivity contribution in [3.63, 3.8) is 0 Å². The molecule has 7 heavy (non-hydrogen) atoms. The van der Waals surface area contributed by atoms with Gasteiger partial charge in [0.15, 0.2) is 0 Å². The predicted octanol–water partition coefficient (Wildman–Crippen LogP) is 0.416. The number of hydrogen-bond donors (Lipinski definition) is 1. The Bertz CT molecular complexity index is 51.7. The minimum absolute atomic E-state index is 0.207. The quantitative estimate of drug-likeness (QED) is 0.470. The van der Waals surface area contributed by atoms with Crippen molar-refractivity contribution in [2.75, 3.05) is 12.4 Å². The van der Waals surface area contributed by atoms with Gasteiger partial charge in [-0.05, 0) is 18.5 Å². The molecule has 0 bridgehead atoms. The molecule has 42 valence electrons. The summed E-state index contributed by atoms with van der Waals surface area (Å²) in [5, 5.41) is 8.77. The summed E-state index contributed by atoms with van der Waals surface area (Å²) in [4.78, 5) is 0. The average molecular weight is 120 g/mol. The van der Waals surface area contributed by atoms with E-state index in [0.29, 0.717) is 6.61 Å². The van der Waals surface area contributed by atoms with Gasteiger partial charge in [-0.15, -0.1) is 0 Å². The van der Waals surface area contributed by atoms with Crippen LogP contribution in [0.3, 0.4) is 0 Å². The monoisotopic (exact) mass is 120 g/mol. The lowest BCUT2D eigenvalue weighted by molar-refractivity contribution is 0.106. The van der Waals surface area contributed by atoms with Gasteiger partial charge in [-0.3, -0.25) is 0 Å². The highest BCUT2D eigenvalue weighted by Gasteiger charge is 2.09. The lowest BCUT2D eigenvalue weighted by atomic mass is 10.3. The normalized spacial score (nSPS) is 33.0. The fourth-order valence-corrected chi connectivity index (χ4v) is 1.19. The molecule has 1 atom stereocenters. The molecule has 1 saturated heterocycles. The van der Waals surface area contributed by atoms with E-state index in [0.717, 1.165) is 12.2 Å². The van der Waals surface area contributed by atoms with E-state index in [1.54, 1.807) is 0 Å². The van der Waals surface area contributed by atoms with E-state index in [1.165, 1.54) is 12.0 Å². The van der Waals surface area contributed by atoms with E-state index in [4.69, 9.17) is 9.29 Å². The molecule has 0 radical (unpaired) electrons. The summed E-state index contributed by atoms with van der Waals surface area (Å²) in [6, 6.07) is 0. The van der Waals surface area contributed by atoms with Gasteiger partial charge in [0, 0.05) is 5.75 Å². The first-order valence-corrected chi connectivity index (χ1v) is 3.23. The second kappa shape index (κ2) is 2.55. The second-order valence-corrected chi connectivity index (χ2v) is 2.43. The summed E-state index contributed by atoms with van der Waals surface area (Å²) >= 11 is 1.44. The third-order valence-electron chi connectivity index (χ3n) is 0.878. The molecule has 0 aliphatic carbocycles. The van der Waals surface area contributed by atoms with Crippen LogP contribution < -0.4 is 0 Å². The Hall–Kier alpha value is 0.270. The largest absolute Gasteiger partial charge is 0.391 e. The molecular formula is C4H8O2S. The lowest BCUT2D eigenvalue weighted by Crippen LogP contribution is -2.18. The molecule has 0 amide bonds. The van der Waals surface area contributed by atoms with Gasteiger partial charge < -0.3 is 9.29 Å². The molecule has 0 aromatic heterocycles. The average Bonchev–Trinajstić information content (AvgIpc) is 1.69. The molecule has 0 spiro atoms. The molecule has 0 aromatic carbocycles. The molecule has 1 rings (SSSR count). The standard InChI is InChI=1S/C4H8O2S/c5-4-1-2-7-6-3-4/h4-5H,1-3H2. The Kier molecular flexibility index (Phi) is 1.97. The van der Waals surface area contributed by atoms with Gasteiger partial charge in [0.1, 0.15) is 0 Å². The molecule has 1 unspecified atom stereocenters. The van der Waals surface area contributed by atoms with Crippen molar-refractivity contribution in [2.45, 2.75) is 12.5 Å². The summed E-state index contributed by atoms with van der Waals surface area (Å²) in [7, 11) is 0. The highest BCUT2D eigenvalue weighted by atomic mass is 32.2. The molecule has 1 aliphatic rings. The summed E-state index contributed by atoms with van der Waals surface area (Å²) < 4.78 is 4.85.